The minimum absolute atomic E-state index is 0.199. The van der Waals surface area contributed by atoms with E-state index in [1.807, 2.05) is 0 Å². The van der Waals surface area contributed by atoms with Crippen LogP contribution in [0.5, 0.6) is 0 Å². The van der Waals surface area contributed by atoms with Gasteiger partial charge in [-0.1, -0.05) is 12.1 Å². The summed E-state index contributed by atoms with van der Waals surface area (Å²) in [6.45, 7) is -0.794. The quantitative estimate of drug-likeness (QED) is 0.262. The van der Waals surface area contributed by atoms with Gasteiger partial charge in [0.15, 0.2) is 0 Å². The van der Waals surface area contributed by atoms with Crippen molar-refractivity contribution in [2.24, 2.45) is 7.05 Å². The molecule has 0 aliphatic carbocycles. The Bertz CT molecular complexity index is 1100. The summed E-state index contributed by atoms with van der Waals surface area (Å²) in [6, 6.07) is 6.95. The molecule has 18 heteroatoms. The molecule has 15 nitrogen and oxygen atoms in total. The molecule has 0 saturated carbocycles. The predicted octanol–water partition coefficient (Wildman–Crippen LogP) is 0.0783. The highest BCUT2D eigenvalue weighted by Crippen LogP contribution is 2.67. The fourth-order valence-corrected chi connectivity index (χ4v) is 6.33. The van der Waals surface area contributed by atoms with Crippen LogP contribution in [0.4, 0.5) is 0 Å². The van der Waals surface area contributed by atoms with Crippen LogP contribution in [-0.2, 0) is 38.6 Å². The first-order chi connectivity index (χ1) is 14.2. The second-order valence-corrected chi connectivity index (χ2v) is 10.8. The highest BCUT2D eigenvalue weighted by Gasteiger charge is 2.51. The normalized spacial score (nSPS) is 28.5. The Labute approximate surface area is 174 Å². The van der Waals surface area contributed by atoms with Crippen LogP contribution in [0.15, 0.2) is 24.3 Å². The van der Waals surface area contributed by atoms with E-state index in [1.54, 1.807) is 35.9 Å². The lowest BCUT2D eigenvalue weighted by atomic mass is 10.1. The van der Waals surface area contributed by atoms with Crippen molar-refractivity contribution in [3.8, 4) is 0 Å². The zero-order valence-electron chi connectivity index (χ0n) is 15.6. The number of rotatable bonds is 8. The molecule has 1 saturated heterocycles. The Morgan fingerprint density at radius 1 is 1.10 bits per heavy atom. The Kier molecular flexibility index (Phi) is 6.93. The molecule has 0 radical (unpaired) electrons. The number of nitrogens with zero attached hydrogens (tertiary/aromatic N) is 2. The zero-order valence-corrected chi connectivity index (χ0v) is 18.3. The van der Waals surface area contributed by atoms with Crippen LogP contribution in [0.25, 0.3) is 11.0 Å². The molecule has 2 unspecified atom stereocenters. The third-order valence-corrected chi connectivity index (χ3v) is 8.10. The molecule has 0 bridgehead atoms. The lowest BCUT2D eigenvalue weighted by molar-refractivity contribution is -0.0254. The molecule has 2 heterocycles. The summed E-state index contributed by atoms with van der Waals surface area (Å²) in [5, 5.41) is 20.1. The number of aliphatic hydroxyl groups excluding tert-OH is 2. The van der Waals surface area contributed by atoms with E-state index < -0.39 is 54.5 Å². The second-order valence-electron chi connectivity index (χ2n) is 6.45. The van der Waals surface area contributed by atoms with E-state index in [4.69, 9.17) is 14.5 Å². The fraction of sp³-hybridized carbons (Fsp3) is 0.462. The van der Waals surface area contributed by atoms with Crippen LogP contribution >= 0.6 is 23.5 Å². The number of fused-ring (bicyclic) bond motifs is 1. The standard InChI is InChI=1S/C13H19N2O13P3/c1-15-8-5-3-2-4-7(8)14-13(15)12-10(17)11(9(6-16)25-12)26-30(21,22)28-31(23,24)27-29(18,19)20/h2-5,9-12,16-17H,6H2,1H3,(H,21,22)(H,23,24)(H2,18,19,20)/t9-,10-,11-,12-/m1/s1. The average molecular weight is 504 g/mol. The summed E-state index contributed by atoms with van der Waals surface area (Å²) in [6.07, 6.45) is -6.06. The smallest absolute Gasteiger partial charge is 0.394 e. The van der Waals surface area contributed by atoms with E-state index in [9.17, 15) is 33.7 Å². The molecule has 2 aromatic rings. The number of hydrogen-bond donors (Lipinski definition) is 6. The van der Waals surface area contributed by atoms with Crippen LogP contribution in [0.2, 0.25) is 0 Å². The van der Waals surface area contributed by atoms with Crippen molar-refractivity contribution in [2.75, 3.05) is 6.61 Å². The van der Waals surface area contributed by atoms with Crippen molar-refractivity contribution < 1.29 is 61.4 Å². The third-order valence-electron chi connectivity index (χ3n) is 4.26. The van der Waals surface area contributed by atoms with Crippen molar-refractivity contribution in [3.63, 3.8) is 0 Å². The number of para-hydroxylation sites is 2. The van der Waals surface area contributed by atoms with Gasteiger partial charge in [-0.15, -0.1) is 0 Å². The summed E-state index contributed by atoms with van der Waals surface area (Å²) in [5.41, 5.74) is 1.25. The Morgan fingerprint density at radius 2 is 1.74 bits per heavy atom. The van der Waals surface area contributed by atoms with Crippen LogP contribution < -0.4 is 0 Å². The SMILES string of the molecule is Cn1c([C@@H]2O[C@H](CO)[C@@H](OP(=O)(O)OP(=O)(O)OP(=O)(O)O)[C@H]2O)nc2ccccc21. The number of benzene rings is 1. The van der Waals surface area contributed by atoms with Crippen molar-refractivity contribution in [2.45, 2.75) is 24.4 Å². The molecular formula is C13H19N2O13P3. The molecule has 6 N–H and O–H groups in total. The molecule has 3 rings (SSSR count). The molecule has 1 fully saturated rings. The van der Waals surface area contributed by atoms with E-state index in [0.717, 1.165) is 0 Å². The molecule has 174 valence electrons. The summed E-state index contributed by atoms with van der Waals surface area (Å²) in [5.74, 6) is 0.199. The number of aromatic nitrogens is 2. The molecule has 0 amide bonds. The highest BCUT2D eigenvalue weighted by molar-refractivity contribution is 7.66. The maximum absolute atomic E-state index is 12.1. The second kappa shape index (κ2) is 8.73. The number of aryl methyl sites for hydroxylation is 1. The van der Waals surface area contributed by atoms with Gasteiger partial charge >= 0.3 is 23.5 Å². The topological polar surface area (TPSA) is 227 Å². The number of ether oxygens (including phenoxy) is 1. The van der Waals surface area contributed by atoms with Crippen molar-refractivity contribution in [1.29, 1.82) is 0 Å². The van der Waals surface area contributed by atoms with Crippen LogP contribution in [0, 0.1) is 0 Å². The fourth-order valence-electron chi connectivity index (χ4n) is 3.10. The van der Waals surface area contributed by atoms with E-state index in [2.05, 4.69) is 18.1 Å². The van der Waals surface area contributed by atoms with Crippen LogP contribution in [0.1, 0.15) is 11.9 Å². The summed E-state index contributed by atoms with van der Waals surface area (Å²) in [7, 11) is -15.2. The maximum Gasteiger partial charge on any atom is 0.490 e. The molecule has 6 atom stereocenters. The first kappa shape index (κ1) is 24.6. The van der Waals surface area contributed by atoms with Gasteiger partial charge in [0.25, 0.3) is 0 Å². The summed E-state index contributed by atoms with van der Waals surface area (Å²) < 4.78 is 53.4. The molecular weight excluding hydrogens is 485 g/mol. The summed E-state index contributed by atoms with van der Waals surface area (Å²) >= 11 is 0. The first-order valence-electron chi connectivity index (χ1n) is 8.41. The monoisotopic (exact) mass is 504 g/mol. The van der Waals surface area contributed by atoms with Crippen molar-refractivity contribution in [3.05, 3.63) is 30.1 Å². The molecule has 1 aliphatic rings. The van der Waals surface area contributed by atoms with E-state index >= 15 is 0 Å². The molecule has 0 spiro atoms. The lowest BCUT2D eigenvalue weighted by Crippen LogP contribution is -2.35. The van der Waals surface area contributed by atoms with E-state index in [1.165, 1.54) is 0 Å². The number of hydrogen-bond acceptors (Lipinski definition) is 10. The molecule has 31 heavy (non-hydrogen) atoms. The Morgan fingerprint density at radius 3 is 2.32 bits per heavy atom. The van der Waals surface area contributed by atoms with Gasteiger partial charge in [-0.3, -0.25) is 4.52 Å². The molecule has 1 aromatic carbocycles. The summed E-state index contributed by atoms with van der Waals surface area (Å²) in [4.78, 5) is 40.4. The van der Waals surface area contributed by atoms with Crippen molar-refractivity contribution >= 4 is 34.5 Å². The van der Waals surface area contributed by atoms with Gasteiger partial charge in [-0.05, 0) is 12.1 Å². The molecule has 1 aliphatic heterocycles. The van der Waals surface area contributed by atoms with Gasteiger partial charge in [-0.25, -0.2) is 18.7 Å². The average Bonchev–Trinajstić information content (AvgIpc) is 3.09. The first-order valence-corrected chi connectivity index (χ1v) is 12.9. The van der Waals surface area contributed by atoms with Gasteiger partial charge in [0.05, 0.1) is 17.6 Å². The predicted molar refractivity (Wildman–Crippen MR) is 100 cm³/mol. The largest absolute Gasteiger partial charge is 0.490 e. The van der Waals surface area contributed by atoms with Gasteiger partial charge in [0.2, 0.25) is 0 Å². The van der Waals surface area contributed by atoms with Crippen LogP contribution in [0.3, 0.4) is 0 Å². The van der Waals surface area contributed by atoms with E-state index in [-0.39, 0.29) is 5.82 Å². The minimum atomic E-state index is -5.74. The minimum Gasteiger partial charge on any atom is -0.394 e. The number of aliphatic hydroxyl groups is 2. The highest BCUT2D eigenvalue weighted by atomic mass is 31.3. The number of phosphoric acid groups is 3. The van der Waals surface area contributed by atoms with Gasteiger partial charge in [0, 0.05) is 7.05 Å². The Balaban J connectivity index is 1.82. The van der Waals surface area contributed by atoms with Gasteiger partial charge in [-0.2, -0.15) is 8.62 Å². The third kappa shape index (κ3) is 5.67. The van der Waals surface area contributed by atoms with Gasteiger partial charge < -0.3 is 39.1 Å². The lowest BCUT2D eigenvalue weighted by Gasteiger charge is -2.23. The number of imidazole rings is 1. The number of phosphoric ester groups is 1. The Hall–Kier alpha value is -1.02. The zero-order chi connectivity index (χ0) is 23.2. The van der Waals surface area contributed by atoms with Crippen LogP contribution in [-0.4, -0.2) is 64.3 Å². The van der Waals surface area contributed by atoms with Crippen molar-refractivity contribution in [1.82, 2.24) is 9.55 Å². The molecule has 1 aromatic heterocycles. The maximum atomic E-state index is 12.1. The van der Waals surface area contributed by atoms with E-state index in [0.29, 0.717) is 11.0 Å². The van der Waals surface area contributed by atoms with Gasteiger partial charge in [0.1, 0.15) is 30.2 Å².